The molecule has 0 aromatic heterocycles. The number of para-hydroxylation sites is 1. The molecule has 0 aliphatic rings. The highest BCUT2D eigenvalue weighted by atomic mass is 16.5. The third kappa shape index (κ3) is 9.48. The lowest BCUT2D eigenvalue weighted by Crippen LogP contribution is -2.00. The van der Waals surface area contributed by atoms with Gasteiger partial charge in [0.1, 0.15) is 5.75 Å². The molecule has 1 atom stereocenters. The average Bonchev–Trinajstić information content (AvgIpc) is 2.58. The van der Waals surface area contributed by atoms with Crippen LogP contribution >= 0.6 is 0 Å². The van der Waals surface area contributed by atoms with E-state index in [0.717, 1.165) is 37.5 Å². The Morgan fingerprint density at radius 2 is 1.83 bits per heavy atom. The summed E-state index contributed by atoms with van der Waals surface area (Å²) in [6.07, 6.45) is 14.5. The molecule has 0 saturated carbocycles. The number of ether oxygens (including phenoxy) is 1. The molecule has 0 aliphatic heterocycles. The quantitative estimate of drug-likeness (QED) is 0.266. The normalized spacial score (nSPS) is 12.1. The molecule has 0 spiro atoms. The van der Waals surface area contributed by atoms with Crippen molar-refractivity contribution in [2.45, 2.75) is 78.1 Å². The van der Waals surface area contributed by atoms with E-state index in [1.807, 2.05) is 6.08 Å². The van der Waals surface area contributed by atoms with Gasteiger partial charge in [-0.25, -0.2) is 0 Å². The summed E-state index contributed by atoms with van der Waals surface area (Å²) in [5.41, 5.74) is 1.38. The SMILES string of the molecule is C=CCCCCCOc1ccccc1CCCCCC(C)CC. The summed E-state index contributed by atoms with van der Waals surface area (Å²) in [5.74, 6) is 1.98. The summed E-state index contributed by atoms with van der Waals surface area (Å²) < 4.78 is 6.00. The first-order chi connectivity index (χ1) is 11.3. The summed E-state index contributed by atoms with van der Waals surface area (Å²) in [4.78, 5) is 0. The van der Waals surface area contributed by atoms with Crippen LogP contribution in [0.4, 0.5) is 0 Å². The Hall–Kier alpha value is -1.24. The maximum Gasteiger partial charge on any atom is 0.122 e. The van der Waals surface area contributed by atoms with E-state index in [1.54, 1.807) is 0 Å². The molecule has 0 fully saturated rings. The van der Waals surface area contributed by atoms with Crippen molar-refractivity contribution in [3.8, 4) is 5.75 Å². The van der Waals surface area contributed by atoms with Gasteiger partial charge in [0.05, 0.1) is 6.61 Å². The number of benzene rings is 1. The molecule has 0 saturated heterocycles. The first-order valence-corrected chi connectivity index (χ1v) is 9.59. The van der Waals surface area contributed by atoms with E-state index in [4.69, 9.17) is 4.74 Å². The molecule has 0 aliphatic carbocycles. The molecular weight excluding hydrogens is 280 g/mol. The molecule has 1 nitrogen and oxygen atoms in total. The average molecular weight is 317 g/mol. The topological polar surface area (TPSA) is 9.23 Å². The van der Waals surface area contributed by atoms with Crippen molar-refractivity contribution in [1.82, 2.24) is 0 Å². The molecule has 1 aromatic rings. The highest BCUT2D eigenvalue weighted by molar-refractivity contribution is 5.33. The van der Waals surface area contributed by atoms with Crippen molar-refractivity contribution in [1.29, 1.82) is 0 Å². The second-order valence-corrected chi connectivity index (χ2v) is 6.71. The number of hydrogen-bond acceptors (Lipinski definition) is 1. The van der Waals surface area contributed by atoms with Gasteiger partial charge in [0.2, 0.25) is 0 Å². The lowest BCUT2D eigenvalue weighted by atomic mass is 9.99. The molecule has 1 heteroatoms. The maximum absolute atomic E-state index is 6.00. The van der Waals surface area contributed by atoms with Crippen molar-refractivity contribution in [2.24, 2.45) is 5.92 Å². The van der Waals surface area contributed by atoms with Crippen molar-refractivity contribution in [3.05, 3.63) is 42.5 Å². The van der Waals surface area contributed by atoms with Crippen LogP contribution in [-0.4, -0.2) is 6.61 Å². The van der Waals surface area contributed by atoms with Gasteiger partial charge in [-0.2, -0.15) is 0 Å². The number of allylic oxidation sites excluding steroid dienone is 1. The molecule has 1 aromatic carbocycles. The first kappa shape index (κ1) is 19.8. The van der Waals surface area contributed by atoms with Gasteiger partial charge in [0.15, 0.2) is 0 Å². The van der Waals surface area contributed by atoms with Gasteiger partial charge in [0, 0.05) is 0 Å². The van der Waals surface area contributed by atoms with Crippen LogP contribution in [0.3, 0.4) is 0 Å². The predicted octanol–water partition coefficient (Wildman–Crippen LogP) is 6.96. The summed E-state index contributed by atoms with van der Waals surface area (Å²) in [6, 6.07) is 8.56. The molecule has 130 valence electrons. The summed E-state index contributed by atoms with van der Waals surface area (Å²) in [6.45, 7) is 9.24. The predicted molar refractivity (Wildman–Crippen MR) is 102 cm³/mol. The van der Waals surface area contributed by atoms with Crippen molar-refractivity contribution < 1.29 is 4.74 Å². The van der Waals surface area contributed by atoms with Crippen LogP contribution in [-0.2, 0) is 6.42 Å². The van der Waals surface area contributed by atoms with E-state index in [-0.39, 0.29) is 0 Å². The van der Waals surface area contributed by atoms with Crippen LogP contribution in [0.25, 0.3) is 0 Å². The fourth-order valence-corrected chi connectivity index (χ4v) is 2.79. The molecule has 0 N–H and O–H groups in total. The Bertz CT molecular complexity index is 410. The monoisotopic (exact) mass is 316 g/mol. The van der Waals surface area contributed by atoms with Crippen LogP contribution in [0, 0.1) is 5.92 Å². The minimum atomic E-state index is 0.835. The van der Waals surface area contributed by atoms with E-state index >= 15 is 0 Å². The number of unbranched alkanes of at least 4 members (excludes halogenated alkanes) is 5. The Labute approximate surface area is 144 Å². The van der Waals surface area contributed by atoms with Crippen molar-refractivity contribution >= 4 is 0 Å². The molecule has 0 heterocycles. The smallest absolute Gasteiger partial charge is 0.122 e. The van der Waals surface area contributed by atoms with Crippen LogP contribution in [0.1, 0.15) is 77.2 Å². The lowest BCUT2D eigenvalue weighted by molar-refractivity contribution is 0.302. The lowest BCUT2D eigenvalue weighted by Gasteiger charge is -2.12. The molecule has 1 unspecified atom stereocenters. The van der Waals surface area contributed by atoms with Gasteiger partial charge < -0.3 is 4.74 Å². The Balaban J connectivity index is 2.23. The standard InChI is InChI=1S/C22H36O/c1-4-6-7-8-14-19-23-22-18-13-12-17-21(22)16-11-9-10-15-20(3)5-2/h4,12-13,17-18,20H,1,5-11,14-16,19H2,2-3H3. The van der Waals surface area contributed by atoms with E-state index < -0.39 is 0 Å². The highest BCUT2D eigenvalue weighted by Crippen LogP contribution is 2.21. The Morgan fingerprint density at radius 1 is 1.04 bits per heavy atom. The van der Waals surface area contributed by atoms with Gasteiger partial charge in [-0.3, -0.25) is 0 Å². The van der Waals surface area contributed by atoms with Gasteiger partial charge in [-0.1, -0.05) is 63.8 Å². The first-order valence-electron chi connectivity index (χ1n) is 9.59. The van der Waals surface area contributed by atoms with E-state index in [9.17, 15) is 0 Å². The zero-order valence-corrected chi connectivity index (χ0v) is 15.4. The molecule has 23 heavy (non-hydrogen) atoms. The van der Waals surface area contributed by atoms with Crippen LogP contribution < -0.4 is 4.74 Å². The largest absolute Gasteiger partial charge is 0.493 e. The minimum Gasteiger partial charge on any atom is -0.493 e. The third-order valence-corrected chi connectivity index (χ3v) is 4.62. The molecule has 0 amide bonds. The molecule has 0 bridgehead atoms. The van der Waals surface area contributed by atoms with Crippen molar-refractivity contribution in [2.75, 3.05) is 6.61 Å². The Kier molecular flexibility index (Phi) is 11.4. The zero-order chi connectivity index (χ0) is 16.8. The zero-order valence-electron chi connectivity index (χ0n) is 15.4. The number of aryl methyl sites for hydroxylation is 1. The molecule has 1 rings (SSSR count). The van der Waals surface area contributed by atoms with Crippen LogP contribution in [0.5, 0.6) is 5.75 Å². The number of hydrogen-bond donors (Lipinski definition) is 0. The Morgan fingerprint density at radius 3 is 2.61 bits per heavy atom. The minimum absolute atomic E-state index is 0.835. The summed E-state index contributed by atoms with van der Waals surface area (Å²) in [5, 5.41) is 0. The fourth-order valence-electron chi connectivity index (χ4n) is 2.79. The summed E-state index contributed by atoms with van der Waals surface area (Å²) >= 11 is 0. The number of rotatable bonds is 14. The van der Waals surface area contributed by atoms with Crippen LogP contribution in [0.15, 0.2) is 36.9 Å². The van der Waals surface area contributed by atoms with E-state index in [2.05, 4.69) is 44.7 Å². The summed E-state index contributed by atoms with van der Waals surface area (Å²) in [7, 11) is 0. The third-order valence-electron chi connectivity index (χ3n) is 4.62. The molecular formula is C22H36O. The second-order valence-electron chi connectivity index (χ2n) is 6.71. The van der Waals surface area contributed by atoms with Gasteiger partial charge >= 0.3 is 0 Å². The van der Waals surface area contributed by atoms with Crippen molar-refractivity contribution in [3.63, 3.8) is 0 Å². The van der Waals surface area contributed by atoms with Crippen LogP contribution in [0.2, 0.25) is 0 Å². The van der Waals surface area contributed by atoms with E-state index in [1.165, 1.54) is 50.5 Å². The van der Waals surface area contributed by atoms with E-state index in [0.29, 0.717) is 0 Å². The highest BCUT2D eigenvalue weighted by Gasteiger charge is 2.04. The molecule has 0 radical (unpaired) electrons. The maximum atomic E-state index is 6.00. The fraction of sp³-hybridized carbons (Fsp3) is 0.636. The van der Waals surface area contributed by atoms with Gasteiger partial charge in [-0.05, 0) is 56.1 Å². The van der Waals surface area contributed by atoms with Gasteiger partial charge in [0.25, 0.3) is 0 Å². The van der Waals surface area contributed by atoms with Gasteiger partial charge in [-0.15, -0.1) is 6.58 Å². The second kappa shape index (κ2) is 13.2.